The second-order valence-electron chi connectivity index (χ2n) is 8.12. The summed E-state index contributed by atoms with van der Waals surface area (Å²) in [6, 6.07) is 13.4. The third-order valence-electron chi connectivity index (χ3n) is 6.28. The van der Waals surface area contributed by atoms with Crippen LogP contribution in [0.4, 0.5) is 4.79 Å². The maximum atomic E-state index is 12.8. The Labute approximate surface area is 189 Å². The third kappa shape index (κ3) is 4.60. The van der Waals surface area contributed by atoms with Gasteiger partial charge in [0.25, 0.3) is 0 Å². The summed E-state index contributed by atoms with van der Waals surface area (Å²) in [6.07, 6.45) is 4.11. The van der Waals surface area contributed by atoms with Gasteiger partial charge in [0, 0.05) is 36.7 Å². The number of nitrogens with zero attached hydrogens (tertiary/aromatic N) is 2. The zero-order valence-corrected chi connectivity index (χ0v) is 18.7. The Bertz CT molecular complexity index is 907. The molecule has 1 aliphatic carbocycles. The molecule has 1 saturated carbocycles. The van der Waals surface area contributed by atoms with Crippen LogP contribution in [0.25, 0.3) is 0 Å². The number of halogens is 1. The summed E-state index contributed by atoms with van der Waals surface area (Å²) in [5.74, 6) is -1.08. The number of aromatic nitrogens is 1. The molecule has 2 heterocycles. The van der Waals surface area contributed by atoms with Gasteiger partial charge in [-0.15, -0.1) is 0 Å². The predicted octanol–water partition coefficient (Wildman–Crippen LogP) is 4.21. The molecule has 164 valence electrons. The fourth-order valence-electron chi connectivity index (χ4n) is 4.97. The van der Waals surface area contributed by atoms with E-state index in [4.69, 9.17) is 9.47 Å². The van der Waals surface area contributed by atoms with E-state index in [9.17, 15) is 14.7 Å². The first-order chi connectivity index (χ1) is 15.0. The number of ether oxygens (including phenoxy) is 2. The van der Waals surface area contributed by atoms with Crippen LogP contribution in [0.3, 0.4) is 0 Å². The lowest BCUT2D eigenvalue weighted by molar-refractivity contribution is -0.192. The minimum Gasteiger partial charge on any atom is -0.480 e. The average Bonchev–Trinajstić information content (AvgIpc) is 2.76. The number of rotatable bonds is 6. The Morgan fingerprint density at radius 3 is 2.45 bits per heavy atom. The first-order valence-electron chi connectivity index (χ1n) is 10.4. The topological polar surface area (TPSA) is 89.0 Å². The number of carbonyl (C=O) groups excluding carboxylic acids is 1. The van der Waals surface area contributed by atoms with Crippen LogP contribution in [0.15, 0.2) is 53.3 Å². The zero-order chi connectivity index (χ0) is 21.8. The number of carbonyl (C=O) groups is 2. The minimum atomic E-state index is -1.01. The summed E-state index contributed by atoms with van der Waals surface area (Å²) in [6.45, 7) is 0.754. The number of likely N-dealkylation sites (tertiary alicyclic amines) is 1. The van der Waals surface area contributed by atoms with Gasteiger partial charge < -0.3 is 19.5 Å². The Morgan fingerprint density at radius 1 is 1.13 bits per heavy atom. The molecule has 1 amide bonds. The number of benzene rings is 1. The monoisotopic (exact) mass is 488 g/mol. The molecule has 2 atom stereocenters. The van der Waals surface area contributed by atoms with Gasteiger partial charge in [-0.1, -0.05) is 42.8 Å². The highest BCUT2D eigenvalue weighted by Gasteiger charge is 2.55. The molecule has 2 aromatic rings. The number of amides is 1. The Kier molecular flexibility index (Phi) is 6.57. The maximum absolute atomic E-state index is 12.8. The van der Waals surface area contributed by atoms with Crippen molar-refractivity contribution in [1.82, 2.24) is 9.88 Å². The van der Waals surface area contributed by atoms with Crippen LogP contribution in [0.2, 0.25) is 0 Å². The number of aliphatic carboxylic acids is 1. The molecule has 1 N–H and O–H groups in total. The summed E-state index contributed by atoms with van der Waals surface area (Å²) in [7, 11) is 0. The molecule has 8 heteroatoms. The molecule has 2 fully saturated rings. The molecule has 1 aromatic heterocycles. The van der Waals surface area contributed by atoms with E-state index in [-0.39, 0.29) is 31.1 Å². The van der Waals surface area contributed by atoms with E-state index >= 15 is 0 Å². The fraction of sp³-hybridized carbons (Fsp3) is 0.435. The Hall–Kier alpha value is -2.45. The molecule has 0 spiro atoms. The second-order valence-corrected chi connectivity index (χ2v) is 8.93. The average molecular weight is 489 g/mol. The van der Waals surface area contributed by atoms with Crippen LogP contribution in [0.1, 0.15) is 30.4 Å². The Morgan fingerprint density at radius 2 is 1.84 bits per heavy atom. The molecule has 0 radical (unpaired) electrons. The smallest absolute Gasteiger partial charge is 0.410 e. The number of hydrogen-bond acceptors (Lipinski definition) is 5. The van der Waals surface area contributed by atoms with Gasteiger partial charge in [-0.05, 0) is 40.4 Å². The van der Waals surface area contributed by atoms with Crippen molar-refractivity contribution in [2.24, 2.45) is 11.8 Å². The predicted molar refractivity (Wildman–Crippen MR) is 116 cm³/mol. The van der Waals surface area contributed by atoms with Crippen molar-refractivity contribution in [3.63, 3.8) is 0 Å². The SMILES string of the molecule is O=C(O)COC1(c2ccc(Br)nc2)C2CCCC1CN(C(=O)OCc1ccccc1)C2. The number of carboxylic acid groups (broad SMARTS) is 1. The molecule has 31 heavy (non-hydrogen) atoms. The molecule has 2 unspecified atom stereocenters. The van der Waals surface area contributed by atoms with Gasteiger partial charge in [0.05, 0.1) is 0 Å². The first-order valence-corrected chi connectivity index (χ1v) is 11.2. The fourth-order valence-corrected chi connectivity index (χ4v) is 5.21. The van der Waals surface area contributed by atoms with Gasteiger partial charge in [-0.3, -0.25) is 0 Å². The van der Waals surface area contributed by atoms with Crippen LogP contribution >= 0.6 is 15.9 Å². The number of hydrogen-bond donors (Lipinski definition) is 1. The standard InChI is InChI=1S/C23H25BrN2O5/c24-20-10-9-17(11-25-20)23(31-15-21(27)28)18-7-4-8-19(23)13-26(12-18)22(29)30-14-16-5-2-1-3-6-16/h1-3,5-6,9-11,18-19H,4,7-8,12-15H2,(H,27,28). The van der Waals surface area contributed by atoms with Gasteiger partial charge >= 0.3 is 12.1 Å². The highest BCUT2D eigenvalue weighted by molar-refractivity contribution is 9.10. The molecule has 1 saturated heterocycles. The highest BCUT2D eigenvalue weighted by atomic mass is 79.9. The van der Waals surface area contributed by atoms with Gasteiger partial charge in [0.2, 0.25) is 0 Å². The normalized spacial score (nSPS) is 25.1. The van der Waals surface area contributed by atoms with Crippen LogP contribution in [0.5, 0.6) is 0 Å². The molecular formula is C23H25BrN2O5. The third-order valence-corrected chi connectivity index (χ3v) is 6.75. The molecule has 1 aromatic carbocycles. The molecule has 2 bridgehead atoms. The van der Waals surface area contributed by atoms with Crippen molar-refractivity contribution in [3.05, 3.63) is 64.4 Å². The number of pyridine rings is 1. The van der Waals surface area contributed by atoms with Crippen LogP contribution in [-0.2, 0) is 26.5 Å². The largest absolute Gasteiger partial charge is 0.480 e. The maximum Gasteiger partial charge on any atom is 0.410 e. The van der Waals surface area contributed by atoms with Crippen molar-refractivity contribution in [2.45, 2.75) is 31.5 Å². The van der Waals surface area contributed by atoms with E-state index in [1.165, 1.54) is 0 Å². The van der Waals surface area contributed by atoms with Crippen molar-refractivity contribution in [1.29, 1.82) is 0 Å². The van der Waals surface area contributed by atoms with Crippen molar-refractivity contribution in [2.75, 3.05) is 19.7 Å². The lowest BCUT2D eigenvalue weighted by atomic mass is 9.62. The van der Waals surface area contributed by atoms with E-state index in [0.29, 0.717) is 17.7 Å². The van der Waals surface area contributed by atoms with Gasteiger partial charge in [-0.2, -0.15) is 0 Å². The second kappa shape index (κ2) is 9.36. The van der Waals surface area contributed by atoms with Gasteiger partial charge in [0.15, 0.2) is 0 Å². The van der Waals surface area contributed by atoms with Crippen molar-refractivity contribution < 1.29 is 24.2 Å². The Balaban J connectivity index is 1.55. The van der Waals surface area contributed by atoms with E-state index in [2.05, 4.69) is 20.9 Å². The molecule has 2 aliphatic rings. The summed E-state index contributed by atoms with van der Waals surface area (Å²) in [5, 5.41) is 9.30. The number of fused-ring (bicyclic) bond motifs is 2. The van der Waals surface area contributed by atoms with Crippen LogP contribution < -0.4 is 0 Å². The van der Waals surface area contributed by atoms with E-state index in [0.717, 1.165) is 30.4 Å². The van der Waals surface area contributed by atoms with Crippen molar-refractivity contribution in [3.8, 4) is 0 Å². The summed E-state index contributed by atoms with van der Waals surface area (Å²) in [5.41, 5.74) is 1.03. The lowest BCUT2D eigenvalue weighted by Crippen LogP contribution is -2.60. The summed E-state index contributed by atoms with van der Waals surface area (Å²) < 4.78 is 12.4. The number of piperidine rings is 1. The van der Waals surface area contributed by atoms with E-state index < -0.39 is 11.6 Å². The molecule has 4 rings (SSSR count). The number of carboxylic acids is 1. The highest BCUT2D eigenvalue weighted by Crippen LogP contribution is 2.51. The quantitative estimate of drug-likeness (QED) is 0.612. The first kappa shape index (κ1) is 21.8. The van der Waals surface area contributed by atoms with Gasteiger partial charge in [-0.25, -0.2) is 14.6 Å². The molecule has 1 aliphatic heterocycles. The van der Waals surface area contributed by atoms with E-state index in [1.54, 1.807) is 11.1 Å². The van der Waals surface area contributed by atoms with Crippen molar-refractivity contribution >= 4 is 28.0 Å². The summed E-state index contributed by atoms with van der Waals surface area (Å²) in [4.78, 5) is 30.3. The van der Waals surface area contributed by atoms with E-state index in [1.807, 2.05) is 42.5 Å². The zero-order valence-electron chi connectivity index (χ0n) is 17.1. The van der Waals surface area contributed by atoms with Crippen LogP contribution in [0, 0.1) is 11.8 Å². The summed E-state index contributed by atoms with van der Waals surface area (Å²) >= 11 is 3.36. The molecule has 7 nitrogen and oxygen atoms in total. The van der Waals surface area contributed by atoms with Crippen LogP contribution in [-0.4, -0.2) is 46.7 Å². The lowest BCUT2D eigenvalue weighted by Gasteiger charge is -2.55. The minimum absolute atomic E-state index is 0.0356. The molecular weight excluding hydrogens is 464 g/mol. The van der Waals surface area contributed by atoms with Gasteiger partial charge in [0.1, 0.15) is 23.4 Å².